The average Bonchev–Trinajstić information content (AvgIpc) is 2.72. The van der Waals surface area contributed by atoms with Crippen molar-refractivity contribution < 1.29 is 4.74 Å². The first kappa shape index (κ1) is 18.2. The third kappa shape index (κ3) is 4.21. The Labute approximate surface area is 167 Å². The highest BCUT2D eigenvalue weighted by molar-refractivity contribution is 6.30. The Balaban J connectivity index is 1.49. The van der Waals surface area contributed by atoms with Crippen LogP contribution in [0.25, 0.3) is 22.3 Å². The lowest BCUT2D eigenvalue weighted by atomic mass is 10.1. The van der Waals surface area contributed by atoms with Gasteiger partial charge in [-0.15, -0.1) is 0 Å². The van der Waals surface area contributed by atoms with Gasteiger partial charge in [0.1, 0.15) is 11.6 Å². The quantitative estimate of drug-likeness (QED) is 0.486. The van der Waals surface area contributed by atoms with Crippen molar-refractivity contribution in [1.82, 2.24) is 15.0 Å². The number of benzene rings is 2. The molecule has 0 spiro atoms. The largest absolute Gasteiger partial charge is 0.494 e. The van der Waals surface area contributed by atoms with Crippen LogP contribution in [0, 0.1) is 0 Å². The molecule has 0 bridgehead atoms. The van der Waals surface area contributed by atoms with E-state index in [4.69, 9.17) is 16.3 Å². The number of nitrogens with one attached hydrogen (secondary N) is 1. The molecule has 4 rings (SSSR count). The summed E-state index contributed by atoms with van der Waals surface area (Å²) in [4.78, 5) is 23.9. The number of H-pyrrole nitrogens is 1. The molecule has 2 aromatic heterocycles. The monoisotopic (exact) mass is 391 g/mol. The maximum absolute atomic E-state index is 12.5. The van der Waals surface area contributed by atoms with Gasteiger partial charge < -0.3 is 9.72 Å². The van der Waals surface area contributed by atoms with E-state index >= 15 is 0 Å². The van der Waals surface area contributed by atoms with Gasteiger partial charge in [-0.05, 0) is 60.9 Å². The molecule has 0 radical (unpaired) electrons. The normalized spacial score (nSPS) is 10.9. The number of aromatic nitrogens is 3. The van der Waals surface area contributed by atoms with Gasteiger partial charge in [0, 0.05) is 23.0 Å². The third-order valence-electron chi connectivity index (χ3n) is 4.40. The minimum absolute atomic E-state index is 0.206. The lowest BCUT2D eigenvalue weighted by Gasteiger charge is -2.08. The lowest BCUT2D eigenvalue weighted by molar-refractivity contribution is 0.311. The van der Waals surface area contributed by atoms with Crippen molar-refractivity contribution in [2.75, 3.05) is 6.61 Å². The fourth-order valence-electron chi connectivity index (χ4n) is 3.00. The SMILES string of the molecule is O=c1[nH]c(-c2cccc(Cl)c2)nc2ccc(OCCCc3ccncc3)cc12. The van der Waals surface area contributed by atoms with Crippen LogP contribution in [0.2, 0.25) is 5.02 Å². The minimum atomic E-state index is -0.206. The van der Waals surface area contributed by atoms with Crippen LogP contribution in [0.15, 0.2) is 71.8 Å². The molecule has 0 aliphatic carbocycles. The first-order valence-corrected chi connectivity index (χ1v) is 9.38. The zero-order valence-corrected chi connectivity index (χ0v) is 15.8. The number of aromatic amines is 1. The van der Waals surface area contributed by atoms with Crippen LogP contribution < -0.4 is 10.3 Å². The molecule has 0 aliphatic heterocycles. The van der Waals surface area contributed by atoms with E-state index < -0.39 is 0 Å². The maximum Gasteiger partial charge on any atom is 0.259 e. The van der Waals surface area contributed by atoms with Gasteiger partial charge in [-0.2, -0.15) is 0 Å². The molecule has 0 saturated carbocycles. The van der Waals surface area contributed by atoms with Crippen LogP contribution in [0.5, 0.6) is 5.75 Å². The predicted molar refractivity (Wildman–Crippen MR) is 111 cm³/mol. The number of aryl methyl sites for hydroxylation is 1. The van der Waals surface area contributed by atoms with Gasteiger partial charge in [0.15, 0.2) is 0 Å². The molecule has 0 fully saturated rings. The highest BCUT2D eigenvalue weighted by atomic mass is 35.5. The number of hydrogen-bond acceptors (Lipinski definition) is 4. The lowest BCUT2D eigenvalue weighted by Crippen LogP contribution is -2.10. The summed E-state index contributed by atoms with van der Waals surface area (Å²) in [5.41, 5.74) is 2.40. The Hall–Kier alpha value is -3.18. The Morgan fingerprint density at radius 3 is 2.71 bits per heavy atom. The Morgan fingerprint density at radius 1 is 1.04 bits per heavy atom. The van der Waals surface area contributed by atoms with Crippen LogP contribution >= 0.6 is 11.6 Å². The molecule has 6 heteroatoms. The van der Waals surface area contributed by atoms with Crippen LogP contribution in [0.1, 0.15) is 12.0 Å². The summed E-state index contributed by atoms with van der Waals surface area (Å²) in [6.07, 6.45) is 5.37. The second kappa shape index (κ2) is 8.23. The van der Waals surface area contributed by atoms with E-state index in [1.165, 1.54) is 5.56 Å². The van der Waals surface area contributed by atoms with Crippen molar-refractivity contribution in [1.29, 1.82) is 0 Å². The van der Waals surface area contributed by atoms with Crippen molar-refractivity contribution in [3.05, 3.63) is 87.9 Å². The smallest absolute Gasteiger partial charge is 0.259 e. The average molecular weight is 392 g/mol. The summed E-state index contributed by atoms with van der Waals surface area (Å²) in [5, 5.41) is 1.09. The topological polar surface area (TPSA) is 67.9 Å². The fourth-order valence-corrected chi connectivity index (χ4v) is 3.19. The molecular weight excluding hydrogens is 374 g/mol. The molecule has 4 aromatic rings. The standard InChI is InChI=1S/C22H18ClN3O2/c23-17-5-1-4-16(13-17)21-25-20-7-6-18(14-19(20)22(27)26-21)28-12-2-3-15-8-10-24-11-9-15/h1,4-11,13-14H,2-3,12H2,(H,25,26,27). The van der Waals surface area contributed by atoms with Gasteiger partial charge >= 0.3 is 0 Å². The number of halogens is 1. The van der Waals surface area contributed by atoms with Crippen LogP contribution in [0.4, 0.5) is 0 Å². The summed E-state index contributed by atoms with van der Waals surface area (Å²) in [6.45, 7) is 0.569. The number of ether oxygens (including phenoxy) is 1. The second-order valence-corrected chi connectivity index (χ2v) is 6.85. The number of rotatable bonds is 6. The van der Waals surface area contributed by atoms with Crippen LogP contribution in [0.3, 0.4) is 0 Å². The summed E-state index contributed by atoms with van der Waals surface area (Å²) in [6, 6.07) is 16.6. The van der Waals surface area contributed by atoms with Crippen molar-refractivity contribution in [2.24, 2.45) is 0 Å². The summed E-state index contributed by atoms with van der Waals surface area (Å²) < 4.78 is 5.81. The van der Waals surface area contributed by atoms with Gasteiger partial charge in [-0.1, -0.05) is 23.7 Å². The molecule has 0 atom stereocenters. The van der Waals surface area contributed by atoms with Crippen LogP contribution in [-0.2, 0) is 6.42 Å². The first-order chi connectivity index (χ1) is 13.7. The Morgan fingerprint density at radius 2 is 1.89 bits per heavy atom. The minimum Gasteiger partial charge on any atom is -0.494 e. The van der Waals surface area contributed by atoms with E-state index in [1.54, 1.807) is 36.7 Å². The van der Waals surface area contributed by atoms with Gasteiger partial charge in [0.25, 0.3) is 5.56 Å². The zero-order valence-electron chi connectivity index (χ0n) is 15.1. The van der Waals surface area contributed by atoms with Crippen molar-refractivity contribution in [2.45, 2.75) is 12.8 Å². The molecule has 0 aliphatic rings. The molecule has 1 N–H and O–H groups in total. The van der Waals surface area contributed by atoms with Gasteiger partial charge in [0.2, 0.25) is 0 Å². The summed E-state index contributed by atoms with van der Waals surface area (Å²) >= 11 is 6.03. The molecule has 0 amide bonds. The van der Waals surface area contributed by atoms with Gasteiger partial charge in [-0.25, -0.2) is 4.98 Å². The number of hydrogen-bond donors (Lipinski definition) is 1. The summed E-state index contributed by atoms with van der Waals surface area (Å²) in [5.74, 6) is 1.15. The number of fused-ring (bicyclic) bond motifs is 1. The predicted octanol–water partition coefficient (Wildman–Crippen LogP) is 4.65. The fraction of sp³-hybridized carbons (Fsp3) is 0.136. The molecule has 2 aromatic carbocycles. The van der Waals surface area contributed by atoms with E-state index in [9.17, 15) is 4.79 Å². The Bertz CT molecular complexity index is 1160. The highest BCUT2D eigenvalue weighted by Gasteiger charge is 2.08. The molecular formula is C22H18ClN3O2. The number of pyridine rings is 1. The van der Waals surface area contributed by atoms with Crippen molar-refractivity contribution in [3.63, 3.8) is 0 Å². The van der Waals surface area contributed by atoms with E-state index in [0.717, 1.165) is 18.4 Å². The zero-order chi connectivity index (χ0) is 19.3. The molecule has 2 heterocycles. The van der Waals surface area contributed by atoms with Gasteiger partial charge in [-0.3, -0.25) is 9.78 Å². The van der Waals surface area contributed by atoms with Gasteiger partial charge in [0.05, 0.1) is 17.5 Å². The van der Waals surface area contributed by atoms with E-state index in [1.807, 2.05) is 30.3 Å². The molecule has 5 nitrogen and oxygen atoms in total. The van der Waals surface area contributed by atoms with E-state index in [2.05, 4.69) is 15.0 Å². The maximum atomic E-state index is 12.5. The molecule has 0 unspecified atom stereocenters. The molecule has 140 valence electrons. The molecule has 28 heavy (non-hydrogen) atoms. The van der Waals surface area contributed by atoms with Crippen molar-refractivity contribution in [3.8, 4) is 17.1 Å². The molecule has 0 saturated heterocycles. The second-order valence-electron chi connectivity index (χ2n) is 6.41. The summed E-state index contributed by atoms with van der Waals surface area (Å²) in [7, 11) is 0. The van der Waals surface area contributed by atoms with E-state index in [-0.39, 0.29) is 5.56 Å². The number of nitrogens with zero attached hydrogens (tertiary/aromatic N) is 2. The Kier molecular flexibility index (Phi) is 5.35. The third-order valence-corrected chi connectivity index (χ3v) is 4.64. The first-order valence-electron chi connectivity index (χ1n) is 9.01. The van der Waals surface area contributed by atoms with E-state index in [0.29, 0.717) is 34.1 Å². The van der Waals surface area contributed by atoms with Crippen LogP contribution in [-0.4, -0.2) is 21.6 Å². The highest BCUT2D eigenvalue weighted by Crippen LogP contribution is 2.22. The van der Waals surface area contributed by atoms with Crippen molar-refractivity contribution >= 4 is 22.5 Å².